The number of hydrogen-bond acceptors (Lipinski definition) is 12. The van der Waals surface area contributed by atoms with Crippen LogP contribution in [-0.2, 0) is 27.4 Å². The number of anilines is 1. The zero-order valence-corrected chi connectivity index (χ0v) is 33.0. The topological polar surface area (TPSA) is 169 Å². The van der Waals surface area contributed by atoms with Crippen LogP contribution in [0.5, 0.6) is 5.75 Å². The number of terminal acetylenes is 2. The minimum absolute atomic E-state index is 0.0176. The Kier molecular flexibility index (Phi) is 21.6. The predicted molar refractivity (Wildman–Crippen MR) is 205 cm³/mol. The van der Waals surface area contributed by atoms with Crippen LogP contribution in [0.1, 0.15) is 102 Å². The maximum absolute atomic E-state index is 14.5. The summed E-state index contributed by atoms with van der Waals surface area (Å²) in [7, 11) is -5.99. The summed E-state index contributed by atoms with van der Waals surface area (Å²) >= 11 is 0. The molecule has 0 radical (unpaired) electrons. The second-order valence-electron chi connectivity index (χ2n) is 12.4. The van der Waals surface area contributed by atoms with Crippen molar-refractivity contribution in [2.24, 2.45) is 0 Å². The Bertz CT molecular complexity index is 1820. The molecule has 4 atom stereocenters. The highest BCUT2D eigenvalue weighted by Gasteiger charge is 2.30. The second-order valence-corrected chi connectivity index (χ2v) is 15.3. The first-order valence-electron chi connectivity index (χ1n) is 18.4. The lowest BCUT2D eigenvalue weighted by atomic mass is 10.2. The van der Waals surface area contributed by atoms with Crippen LogP contribution in [0.15, 0.2) is 23.1 Å². The Morgan fingerprint density at radius 3 is 2.23 bits per heavy atom. The van der Waals surface area contributed by atoms with E-state index in [-0.39, 0.29) is 45.2 Å². The number of phosphoric ester groups is 1. The molecule has 2 aromatic rings. The first-order valence-corrected chi connectivity index (χ1v) is 21.0. The van der Waals surface area contributed by atoms with Crippen LogP contribution >= 0.6 is 16.3 Å². The van der Waals surface area contributed by atoms with Gasteiger partial charge in [-0.2, -0.15) is 10.2 Å². The van der Waals surface area contributed by atoms with E-state index < -0.39 is 57.6 Å². The second kappa shape index (κ2) is 26.1. The molecular formula is C38H48F3N5O8P2. The number of nitrogens with one attached hydrogen (secondary N) is 1. The number of phosphoric acid groups is 1. The summed E-state index contributed by atoms with van der Waals surface area (Å²) in [4.78, 5) is 16.6. The Morgan fingerprint density at radius 2 is 1.55 bits per heavy atom. The van der Waals surface area contributed by atoms with Crippen LogP contribution in [0.4, 0.5) is 19.0 Å². The quantitative estimate of drug-likeness (QED) is 0.0537. The third-order valence-corrected chi connectivity index (χ3v) is 10.7. The maximum Gasteiger partial charge on any atom is 0.474 e. The first-order chi connectivity index (χ1) is 27.1. The number of ether oxygens (including phenoxy) is 1. The average Bonchev–Trinajstić information content (AvgIpc) is 3.63. The maximum atomic E-state index is 14.5. The van der Waals surface area contributed by atoms with Gasteiger partial charge in [-0.25, -0.2) is 27.6 Å². The highest BCUT2D eigenvalue weighted by Crippen LogP contribution is 2.50. The van der Waals surface area contributed by atoms with Gasteiger partial charge in [-0.1, -0.05) is 24.7 Å². The van der Waals surface area contributed by atoms with E-state index >= 15 is 0 Å². The number of nitrogens with zero attached hydrogens (tertiary/aromatic N) is 3. The molecule has 2 heterocycles. The molecule has 0 bridgehead atoms. The van der Waals surface area contributed by atoms with Crippen LogP contribution in [0.2, 0.25) is 0 Å². The number of aromatic nitrogens is 2. The summed E-state index contributed by atoms with van der Waals surface area (Å²) in [5.74, 6) is 6.75. The van der Waals surface area contributed by atoms with Crippen molar-refractivity contribution < 1.29 is 45.1 Å². The normalized spacial score (nSPS) is 16.5. The third kappa shape index (κ3) is 17.1. The van der Waals surface area contributed by atoms with Crippen molar-refractivity contribution >= 4 is 22.2 Å². The number of benzene rings is 1. The summed E-state index contributed by atoms with van der Waals surface area (Å²) in [6.07, 6.45) is 19.1. The van der Waals surface area contributed by atoms with Crippen molar-refractivity contribution in [3.05, 3.63) is 51.8 Å². The van der Waals surface area contributed by atoms with Gasteiger partial charge >= 0.3 is 22.0 Å². The number of unbranched alkanes of at least 4 members (excludes halogenated alkanes) is 8. The van der Waals surface area contributed by atoms with Crippen LogP contribution in [0, 0.1) is 65.3 Å². The van der Waals surface area contributed by atoms with E-state index in [2.05, 4.69) is 33.8 Å². The zero-order valence-electron chi connectivity index (χ0n) is 31.2. The highest BCUT2D eigenvalue weighted by molar-refractivity contribution is 7.48. The Hall–Kier alpha value is -3.92. The van der Waals surface area contributed by atoms with Crippen molar-refractivity contribution in [2.45, 2.75) is 102 Å². The van der Waals surface area contributed by atoms with Crippen molar-refractivity contribution in [1.29, 1.82) is 5.26 Å². The van der Waals surface area contributed by atoms with Crippen molar-refractivity contribution in [1.82, 2.24) is 14.6 Å². The lowest BCUT2D eigenvalue weighted by Gasteiger charge is -2.22. The van der Waals surface area contributed by atoms with Gasteiger partial charge in [0.25, 0.3) is 0 Å². The van der Waals surface area contributed by atoms with Crippen molar-refractivity contribution in [2.75, 3.05) is 38.7 Å². The van der Waals surface area contributed by atoms with Crippen molar-refractivity contribution in [3.63, 3.8) is 0 Å². The van der Waals surface area contributed by atoms with E-state index in [0.29, 0.717) is 88.3 Å². The molecule has 18 heteroatoms. The van der Waals surface area contributed by atoms with E-state index in [9.17, 15) is 22.5 Å². The fourth-order valence-electron chi connectivity index (χ4n) is 5.11. The van der Waals surface area contributed by atoms with Crippen LogP contribution in [0.25, 0.3) is 0 Å². The molecule has 1 aromatic carbocycles. The minimum Gasteiger partial charge on any atom is -0.430 e. The van der Waals surface area contributed by atoms with Crippen LogP contribution < -0.4 is 21.0 Å². The molecule has 3 N–H and O–H groups in total. The largest absolute Gasteiger partial charge is 0.474 e. The Labute approximate surface area is 327 Å². The summed E-state index contributed by atoms with van der Waals surface area (Å²) < 4.78 is 90.4. The van der Waals surface area contributed by atoms with Gasteiger partial charge in [-0.15, -0.1) is 24.7 Å². The Balaban J connectivity index is 1.51. The van der Waals surface area contributed by atoms with Gasteiger partial charge < -0.3 is 19.5 Å². The minimum atomic E-state index is -3.85. The molecule has 3 rings (SSSR count). The lowest BCUT2D eigenvalue weighted by molar-refractivity contribution is 0.00178. The highest BCUT2D eigenvalue weighted by atomic mass is 31.2. The predicted octanol–water partition coefficient (Wildman–Crippen LogP) is 7.81. The van der Waals surface area contributed by atoms with Crippen LogP contribution in [0.3, 0.4) is 0 Å². The van der Waals surface area contributed by atoms with E-state index in [1.54, 1.807) is 0 Å². The van der Waals surface area contributed by atoms with E-state index in [4.69, 9.17) is 51.2 Å². The number of rotatable bonds is 26. The van der Waals surface area contributed by atoms with Gasteiger partial charge in [0.15, 0.2) is 17.4 Å². The molecule has 0 saturated carbocycles. The van der Waals surface area contributed by atoms with Crippen LogP contribution in [-0.4, -0.2) is 48.6 Å². The molecular weight excluding hydrogens is 773 g/mol. The molecule has 13 nitrogen and oxygen atoms in total. The van der Waals surface area contributed by atoms with Gasteiger partial charge in [0.05, 0.1) is 50.6 Å². The monoisotopic (exact) mass is 821 g/mol. The molecule has 0 amide bonds. The Morgan fingerprint density at radius 1 is 0.929 bits per heavy atom. The summed E-state index contributed by atoms with van der Waals surface area (Å²) in [6, 6.07) is 2.92. The molecule has 56 heavy (non-hydrogen) atoms. The smallest absolute Gasteiger partial charge is 0.430 e. The SMILES string of the molecule is C#CCCCCC#Cc1cn([C@H]2CCC(CNP(OCCCCCCOP(=O)(OCCC#N)OCCCCC#C)Oc3c(F)cc(F)cc3F)O2)c(=O)nc1N. The third-order valence-electron chi connectivity index (χ3n) is 7.98. The number of nitrogen functional groups attached to an aromatic ring is 1. The van der Waals surface area contributed by atoms with E-state index in [1.807, 2.05) is 6.07 Å². The fraction of sp³-hybridized carbons (Fsp3) is 0.553. The molecule has 0 spiro atoms. The van der Waals surface area contributed by atoms with Gasteiger partial charge in [-0.05, 0) is 51.4 Å². The van der Waals surface area contributed by atoms with Gasteiger partial charge in [-0.3, -0.25) is 18.1 Å². The number of nitrogens with two attached hydrogens (primary N) is 1. The molecule has 304 valence electrons. The summed E-state index contributed by atoms with van der Waals surface area (Å²) in [5.41, 5.74) is 5.75. The number of halogens is 3. The molecule has 1 aliphatic rings. The average molecular weight is 822 g/mol. The summed E-state index contributed by atoms with van der Waals surface area (Å²) in [5, 5.41) is 11.8. The van der Waals surface area contributed by atoms with Gasteiger partial charge in [0, 0.05) is 44.1 Å². The summed E-state index contributed by atoms with van der Waals surface area (Å²) in [6.45, 7) is 0.383. The van der Waals surface area contributed by atoms with Gasteiger partial charge in [0.1, 0.15) is 17.9 Å². The molecule has 1 aliphatic heterocycles. The first kappa shape index (κ1) is 46.5. The molecule has 3 unspecified atom stereocenters. The van der Waals surface area contributed by atoms with E-state index in [0.717, 1.165) is 12.8 Å². The van der Waals surface area contributed by atoms with Crippen molar-refractivity contribution in [3.8, 4) is 48.3 Å². The molecule has 1 saturated heterocycles. The van der Waals surface area contributed by atoms with E-state index in [1.165, 1.54) is 10.8 Å². The number of hydrogen-bond donors (Lipinski definition) is 2. The molecule has 0 aliphatic carbocycles. The standard InChI is InChI=1S/C38H48F3N5O8P2/c1-3-5-7-9-10-13-18-30-29-46(38(47)45-37(30)43)35-20-19-32(53-35)28-44-55(54-36-33(40)26-31(39)27-34(36)41)49-22-14-11-12-16-24-51-56(48,52-25-17-21-42)50-23-15-8-6-4-2/h1-2,26-27,29,32,35,44H,5-12,14-17,19-20,22-25,28H2,(H2,43,45,47)/t32?,35-,55?,56?/m1/s1. The fourth-order valence-corrected chi connectivity index (χ4v) is 7.55. The zero-order chi connectivity index (χ0) is 40.6. The lowest BCUT2D eigenvalue weighted by Crippen LogP contribution is -2.30. The molecule has 1 fully saturated rings. The number of nitriles is 1. The van der Waals surface area contributed by atoms with Gasteiger partial charge in [0.2, 0.25) is 0 Å². The molecule has 1 aromatic heterocycles.